The van der Waals surface area contributed by atoms with Gasteiger partial charge < -0.3 is 9.84 Å². The fraction of sp³-hybridized carbons (Fsp3) is 0.0667. The van der Waals surface area contributed by atoms with Crippen molar-refractivity contribution in [2.24, 2.45) is 0 Å². The van der Waals surface area contributed by atoms with Crippen LogP contribution in [0.5, 0.6) is 0 Å². The molecule has 0 spiro atoms. The van der Waals surface area contributed by atoms with Crippen LogP contribution in [-0.4, -0.2) is 21.3 Å². The highest BCUT2D eigenvalue weighted by Crippen LogP contribution is 2.23. The molecule has 1 amide bonds. The van der Waals surface area contributed by atoms with Gasteiger partial charge >= 0.3 is 0 Å². The van der Waals surface area contributed by atoms with Crippen molar-refractivity contribution >= 4 is 5.91 Å². The molecular weight excluding hydrogens is 303 g/mol. The van der Waals surface area contributed by atoms with E-state index in [9.17, 15) is 14.0 Å². The van der Waals surface area contributed by atoms with Gasteiger partial charge in [0.15, 0.2) is 5.76 Å². The zero-order valence-electron chi connectivity index (χ0n) is 11.7. The molecule has 0 atom stereocenters. The molecule has 0 aliphatic heterocycles. The van der Waals surface area contributed by atoms with E-state index in [4.69, 9.17) is 4.52 Å². The first-order chi connectivity index (χ1) is 11.1. The molecule has 0 unspecified atom stereocenters. The summed E-state index contributed by atoms with van der Waals surface area (Å²) in [5.74, 6) is -0.622. The van der Waals surface area contributed by atoms with Crippen molar-refractivity contribution < 1.29 is 13.7 Å². The van der Waals surface area contributed by atoms with Crippen LogP contribution in [0.3, 0.4) is 0 Å². The van der Waals surface area contributed by atoms with Crippen LogP contribution in [0.2, 0.25) is 0 Å². The summed E-state index contributed by atoms with van der Waals surface area (Å²) in [6.45, 7) is 0.0809. The fourth-order valence-corrected chi connectivity index (χ4v) is 1.92. The minimum Gasteiger partial charge on any atom is -0.356 e. The fourth-order valence-electron chi connectivity index (χ4n) is 1.92. The van der Waals surface area contributed by atoms with Crippen molar-refractivity contribution in [2.75, 3.05) is 0 Å². The van der Waals surface area contributed by atoms with Crippen LogP contribution in [0, 0.1) is 5.82 Å². The lowest BCUT2D eigenvalue weighted by Crippen LogP contribution is -2.25. The first-order valence-corrected chi connectivity index (χ1v) is 6.68. The van der Waals surface area contributed by atoms with Crippen molar-refractivity contribution in [3.05, 3.63) is 70.0 Å². The van der Waals surface area contributed by atoms with Gasteiger partial charge in [0.1, 0.15) is 17.2 Å². The maximum absolute atomic E-state index is 13.7. The molecule has 0 bridgehead atoms. The molecule has 2 heterocycles. The van der Waals surface area contributed by atoms with Gasteiger partial charge in [-0.15, -0.1) is 0 Å². The lowest BCUT2D eigenvalue weighted by Gasteiger charge is -2.00. The molecule has 7 nitrogen and oxygen atoms in total. The Kier molecular flexibility index (Phi) is 3.96. The van der Waals surface area contributed by atoms with Gasteiger partial charge in [-0.3, -0.25) is 9.59 Å². The molecule has 0 fully saturated rings. The summed E-state index contributed by atoms with van der Waals surface area (Å²) in [6.07, 6.45) is 0. The smallest absolute Gasteiger partial charge is 0.272 e. The Morgan fingerprint density at radius 2 is 2.09 bits per heavy atom. The molecule has 23 heavy (non-hydrogen) atoms. The minimum absolute atomic E-state index is 0.0717. The molecule has 2 aromatic heterocycles. The predicted octanol–water partition coefficient (Wildman–Crippen LogP) is 1.49. The molecule has 8 heteroatoms. The number of benzene rings is 1. The first kappa shape index (κ1) is 14.6. The molecular formula is C15H11FN4O3. The summed E-state index contributed by atoms with van der Waals surface area (Å²) < 4.78 is 18.7. The number of hydrogen-bond acceptors (Lipinski definition) is 5. The van der Waals surface area contributed by atoms with Crippen molar-refractivity contribution in [3.63, 3.8) is 0 Å². The largest absolute Gasteiger partial charge is 0.356 e. The Morgan fingerprint density at radius 1 is 1.26 bits per heavy atom. The van der Waals surface area contributed by atoms with E-state index in [0.29, 0.717) is 11.3 Å². The number of carbonyl (C=O) groups is 1. The Bertz CT molecular complexity index is 883. The summed E-state index contributed by atoms with van der Waals surface area (Å²) in [6, 6.07) is 10.2. The average molecular weight is 314 g/mol. The molecule has 1 aromatic carbocycles. The van der Waals surface area contributed by atoms with E-state index in [2.05, 4.69) is 20.7 Å². The van der Waals surface area contributed by atoms with Crippen LogP contribution in [0.15, 0.2) is 51.8 Å². The summed E-state index contributed by atoms with van der Waals surface area (Å²) in [7, 11) is 0. The minimum atomic E-state index is -0.475. The lowest BCUT2D eigenvalue weighted by molar-refractivity contribution is 0.0944. The molecule has 2 N–H and O–H groups in total. The molecule has 0 radical (unpaired) electrons. The second kappa shape index (κ2) is 6.22. The predicted molar refractivity (Wildman–Crippen MR) is 77.9 cm³/mol. The number of rotatable bonds is 4. The third-order valence-electron chi connectivity index (χ3n) is 3.04. The van der Waals surface area contributed by atoms with Gasteiger partial charge in [-0.25, -0.2) is 9.49 Å². The Hall–Kier alpha value is -3.29. The molecule has 3 aromatic rings. The van der Waals surface area contributed by atoms with Crippen molar-refractivity contribution in [3.8, 4) is 11.3 Å². The molecule has 0 saturated heterocycles. The average Bonchev–Trinajstić information content (AvgIpc) is 3.02. The Morgan fingerprint density at radius 3 is 2.83 bits per heavy atom. The topological polar surface area (TPSA) is 101 Å². The highest BCUT2D eigenvalue weighted by Gasteiger charge is 2.12. The third kappa shape index (κ3) is 3.31. The van der Waals surface area contributed by atoms with Crippen LogP contribution in [0.4, 0.5) is 4.39 Å². The number of aromatic nitrogens is 3. The highest BCUT2D eigenvalue weighted by molar-refractivity contribution is 5.91. The van der Waals surface area contributed by atoms with E-state index >= 15 is 0 Å². The second-order valence-corrected chi connectivity index (χ2v) is 4.65. The molecule has 0 aliphatic rings. The lowest BCUT2D eigenvalue weighted by atomic mass is 10.1. The Balaban J connectivity index is 1.68. The Labute approximate surface area is 129 Å². The summed E-state index contributed by atoms with van der Waals surface area (Å²) in [5, 5.41) is 12.1. The number of amides is 1. The number of carbonyl (C=O) groups excluding carboxylic acids is 1. The zero-order chi connectivity index (χ0) is 16.2. The number of hydrogen-bond donors (Lipinski definition) is 2. The summed E-state index contributed by atoms with van der Waals surface area (Å²) in [4.78, 5) is 22.7. The van der Waals surface area contributed by atoms with Crippen molar-refractivity contribution in [1.82, 2.24) is 20.7 Å². The van der Waals surface area contributed by atoms with Gasteiger partial charge in [0, 0.05) is 12.1 Å². The van der Waals surface area contributed by atoms with Crippen LogP contribution < -0.4 is 10.9 Å². The number of H-pyrrole nitrogens is 1. The highest BCUT2D eigenvalue weighted by atomic mass is 19.1. The number of nitrogens with one attached hydrogen (secondary N) is 2. The molecule has 0 aliphatic carbocycles. The van der Waals surface area contributed by atoms with E-state index in [1.165, 1.54) is 18.2 Å². The van der Waals surface area contributed by atoms with E-state index in [-0.39, 0.29) is 18.0 Å². The van der Waals surface area contributed by atoms with Crippen LogP contribution in [0.25, 0.3) is 11.3 Å². The van der Waals surface area contributed by atoms with Gasteiger partial charge in [0.25, 0.3) is 11.5 Å². The SMILES string of the molecule is O=C(NCc1cc(-c2ccccc2F)on1)c1ccc(=O)[nH]n1. The van der Waals surface area contributed by atoms with Gasteiger partial charge in [-0.2, -0.15) is 5.10 Å². The first-order valence-electron chi connectivity index (χ1n) is 6.68. The molecule has 0 saturated carbocycles. The van der Waals surface area contributed by atoms with Crippen LogP contribution >= 0.6 is 0 Å². The third-order valence-corrected chi connectivity index (χ3v) is 3.04. The zero-order valence-corrected chi connectivity index (χ0v) is 11.7. The monoisotopic (exact) mass is 314 g/mol. The van der Waals surface area contributed by atoms with E-state index < -0.39 is 17.3 Å². The normalized spacial score (nSPS) is 10.5. The van der Waals surface area contributed by atoms with Gasteiger partial charge in [-0.05, 0) is 18.2 Å². The van der Waals surface area contributed by atoms with Crippen molar-refractivity contribution in [1.29, 1.82) is 0 Å². The maximum atomic E-state index is 13.7. The standard InChI is InChI=1S/C15H11FN4O3/c16-11-4-2-1-3-10(11)13-7-9(20-23-13)8-17-15(22)12-5-6-14(21)19-18-12/h1-7H,8H2,(H,17,22)(H,19,21). The van der Waals surface area contributed by atoms with Crippen LogP contribution in [0.1, 0.15) is 16.2 Å². The van der Waals surface area contributed by atoms with Gasteiger partial charge in [-0.1, -0.05) is 17.3 Å². The molecule has 116 valence electrons. The van der Waals surface area contributed by atoms with Gasteiger partial charge in [0.2, 0.25) is 0 Å². The molecule has 3 rings (SSSR count). The van der Waals surface area contributed by atoms with E-state index in [0.717, 1.165) is 0 Å². The van der Waals surface area contributed by atoms with E-state index in [1.807, 2.05) is 0 Å². The van der Waals surface area contributed by atoms with Crippen LogP contribution in [-0.2, 0) is 6.54 Å². The van der Waals surface area contributed by atoms with Gasteiger partial charge in [0.05, 0.1) is 12.1 Å². The summed E-state index contributed by atoms with van der Waals surface area (Å²) >= 11 is 0. The number of aromatic amines is 1. The quantitative estimate of drug-likeness (QED) is 0.760. The second-order valence-electron chi connectivity index (χ2n) is 4.65. The van der Waals surface area contributed by atoms with E-state index in [1.54, 1.807) is 24.3 Å². The number of nitrogens with zero attached hydrogens (tertiary/aromatic N) is 2. The number of halogens is 1. The van der Waals surface area contributed by atoms with Crippen molar-refractivity contribution in [2.45, 2.75) is 6.54 Å². The summed E-state index contributed by atoms with van der Waals surface area (Å²) in [5.41, 5.74) is 0.399. The maximum Gasteiger partial charge on any atom is 0.272 e.